The van der Waals surface area contributed by atoms with Gasteiger partial charge in [0.1, 0.15) is 0 Å². The third kappa shape index (κ3) is 5.63. The lowest BCUT2D eigenvalue weighted by atomic mass is 9.93. The fourth-order valence-electron chi connectivity index (χ4n) is 6.34. The molecule has 2 aromatic heterocycles. The molecule has 0 saturated heterocycles. The van der Waals surface area contributed by atoms with Gasteiger partial charge in [0, 0.05) is 34.8 Å². The second-order valence-electron chi connectivity index (χ2n) is 11.5. The molecule has 0 radical (unpaired) electrons. The quantitative estimate of drug-likeness (QED) is 0.167. The zero-order chi connectivity index (χ0) is 33.6. The van der Waals surface area contributed by atoms with Gasteiger partial charge in [0.05, 0.1) is 38.5 Å². The normalized spacial score (nSPS) is 15.4. The summed E-state index contributed by atoms with van der Waals surface area (Å²) in [7, 11) is 0. The van der Waals surface area contributed by atoms with E-state index < -0.39 is 12.0 Å². The van der Waals surface area contributed by atoms with Crippen molar-refractivity contribution in [3.63, 3.8) is 0 Å². The lowest BCUT2D eigenvalue weighted by molar-refractivity contribution is -0.138. The summed E-state index contributed by atoms with van der Waals surface area (Å²) in [5, 5.41) is 1.98. The van der Waals surface area contributed by atoms with Crippen molar-refractivity contribution in [3.8, 4) is 11.5 Å². The molecular weight excluding hydrogens is 681 g/mol. The Morgan fingerprint density at radius 2 is 1.78 bits per heavy atom. The van der Waals surface area contributed by atoms with Crippen LogP contribution >= 0.6 is 34.5 Å². The maximum Gasteiger partial charge on any atom is 0.338 e. The van der Waals surface area contributed by atoms with Crippen LogP contribution in [0.2, 0.25) is 10.0 Å². The number of thiazole rings is 1. The molecule has 0 aliphatic carbocycles. The Hall–Kier alpha value is -5.09. The molecule has 4 aromatic carbocycles. The Kier molecular flexibility index (Phi) is 8.11. The lowest BCUT2D eigenvalue weighted by Gasteiger charge is -2.26. The number of nitrogens with zero attached hydrogens (tertiary/aromatic N) is 3. The van der Waals surface area contributed by atoms with E-state index in [1.165, 1.54) is 11.3 Å². The Bertz CT molecular complexity index is 2500. The Balaban J connectivity index is 1.33. The predicted molar refractivity (Wildman–Crippen MR) is 191 cm³/mol. The number of para-hydroxylation sites is 1. The molecule has 1 atom stereocenters. The molecule has 2 aliphatic rings. The highest BCUT2D eigenvalue weighted by atomic mass is 35.5. The lowest BCUT2D eigenvalue weighted by Crippen LogP contribution is -2.40. The molecular formula is C38H27Cl2N3O5S. The number of hydrogen-bond donors (Lipinski definition) is 0. The van der Waals surface area contributed by atoms with Crippen molar-refractivity contribution in [2.45, 2.75) is 19.5 Å². The number of benzene rings is 4. The van der Waals surface area contributed by atoms with Crippen LogP contribution in [0.15, 0.2) is 113 Å². The Morgan fingerprint density at radius 3 is 2.59 bits per heavy atom. The first-order valence-electron chi connectivity index (χ1n) is 15.6. The number of fused-ring (bicyclic) bond motifs is 3. The molecule has 6 aromatic rings. The van der Waals surface area contributed by atoms with E-state index in [1.807, 2.05) is 91.1 Å². The molecule has 0 spiro atoms. The molecule has 0 unspecified atom stereocenters. The van der Waals surface area contributed by atoms with Crippen molar-refractivity contribution in [1.29, 1.82) is 0 Å². The third-order valence-corrected chi connectivity index (χ3v) is 10.3. The van der Waals surface area contributed by atoms with Crippen LogP contribution in [0.3, 0.4) is 0 Å². The highest BCUT2D eigenvalue weighted by Gasteiger charge is 2.36. The summed E-state index contributed by atoms with van der Waals surface area (Å²) in [5.41, 5.74) is 4.71. The Labute approximate surface area is 294 Å². The van der Waals surface area contributed by atoms with Gasteiger partial charge in [-0.15, -0.1) is 0 Å². The van der Waals surface area contributed by atoms with Gasteiger partial charge in [-0.05, 0) is 54.5 Å². The van der Waals surface area contributed by atoms with Gasteiger partial charge < -0.3 is 18.8 Å². The summed E-state index contributed by atoms with van der Waals surface area (Å²) in [4.78, 5) is 33.8. The highest BCUT2D eigenvalue weighted by molar-refractivity contribution is 7.07. The summed E-state index contributed by atoms with van der Waals surface area (Å²) in [6.07, 6.45) is 3.92. The topological polar surface area (TPSA) is 84.1 Å². The molecule has 4 heterocycles. The van der Waals surface area contributed by atoms with Crippen molar-refractivity contribution in [3.05, 3.63) is 155 Å². The van der Waals surface area contributed by atoms with Crippen LogP contribution in [0, 0.1) is 0 Å². The van der Waals surface area contributed by atoms with Gasteiger partial charge in [0.25, 0.3) is 5.56 Å². The summed E-state index contributed by atoms with van der Waals surface area (Å²) in [6.45, 7) is 2.56. The molecule has 2 aliphatic heterocycles. The van der Waals surface area contributed by atoms with Gasteiger partial charge in [-0.3, -0.25) is 9.36 Å². The second-order valence-corrected chi connectivity index (χ2v) is 13.3. The van der Waals surface area contributed by atoms with Gasteiger partial charge in [-0.1, -0.05) is 95.2 Å². The van der Waals surface area contributed by atoms with Crippen LogP contribution in [-0.4, -0.2) is 28.5 Å². The molecule has 244 valence electrons. The molecule has 0 bridgehead atoms. The minimum Gasteiger partial charge on any atom is -0.463 e. The molecule has 0 fully saturated rings. The minimum absolute atomic E-state index is 0.0933. The molecule has 8 nitrogen and oxygen atoms in total. The molecule has 49 heavy (non-hydrogen) atoms. The number of hydrogen-bond acceptors (Lipinski definition) is 7. The van der Waals surface area contributed by atoms with Gasteiger partial charge in [0.15, 0.2) is 16.3 Å². The maximum atomic E-state index is 14.5. The predicted octanol–water partition coefficient (Wildman–Crippen LogP) is 6.97. The largest absolute Gasteiger partial charge is 0.463 e. The number of esters is 1. The van der Waals surface area contributed by atoms with Gasteiger partial charge in [-0.25, -0.2) is 9.79 Å². The van der Waals surface area contributed by atoms with Crippen molar-refractivity contribution in [1.82, 2.24) is 9.13 Å². The first-order chi connectivity index (χ1) is 23.9. The van der Waals surface area contributed by atoms with Crippen LogP contribution in [-0.2, 0) is 16.1 Å². The average molecular weight is 709 g/mol. The van der Waals surface area contributed by atoms with Crippen LogP contribution in [0.25, 0.3) is 22.7 Å². The number of rotatable bonds is 7. The van der Waals surface area contributed by atoms with Crippen LogP contribution in [0.1, 0.15) is 35.2 Å². The number of aromatic nitrogens is 2. The summed E-state index contributed by atoms with van der Waals surface area (Å²) in [6, 6.07) is 27.7. The molecule has 0 amide bonds. The van der Waals surface area contributed by atoms with E-state index in [2.05, 4.69) is 4.57 Å². The van der Waals surface area contributed by atoms with Crippen LogP contribution in [0.4, 0.5) is 0 Å². The second kappa shape index (κ2) is 12.7. The molecule has 11 heteroatoms. The van der Waals surface area contributed by atoms with Crippen molar-refractivity contribution in [2.75, 3.05) is 13.4 Å². The average Bonchev–Trinajstić information content (AvgIpc) is 3.81. The fraction of sp³-hybridized carbons (Fsp3) is 0.132. The number of halogens is 2. The fourth-order valence-corrected chi connectivity index (χ4v) is 7.65. The monoisotopic (exact) mass is 707 g/mol. The van der Waals surface area contributed by atoms with Crippen molar-refractivity contribution in [2.24, 2.45) is 4.99 Å². The van der Waals surface area contributed by atoms with E-state index in [9.17, 15) is 9.59 Å². The van der Waals surface area contributed by atoms with Gasteiger partial charge in [-0.2, -0.15) is 0 Å². The number of carbonyl (C=O) groups excluding carboxylic acids is 1. The summed E-state index contributed by atoms with van der Waals surface area (Å²) < 4.78 is 21.0. The third-order valence-electron chi connectivity index (χ3n) is 8.53. The highest BCUT2D eigenvalue weighted by Crippen LogP contribution is 2.40. The zero-order valence-corrected chi connectivity index (χ0v) is 28.4. The number of ether oxygens (including phenoxy) is 3. The van der Waals surface area contributed by atoms with Crippen LogP contribution < -0.4 is 24.4 Å². The van der Waals surface area contributed by atoms with E-state index in [4.69, 9.17) is 42.4 Å². The minimum atomic E-state index is -0.835. The van der Waals surface area contributed by atoms with E-state index in [1.54, 1.807) is 23.6 Å². The standard InChI is InChI=1S/C38H27Cl2N3O5S/c1-2-46-37(45)33-34(23-8-4-3-5-9-23)41-38-43(35(33)24-13-15-30-31(17-24)48-21-47-30)36(44)32(49-38)18-25-20-42(29-11-7-6-10-26(25)29)19-22-12-14-27(39)28(40)16-22/h3-18,20,35H,2,19,21H2,1H3/b32-18+/t35-/m1/s1. The zero-order valence-electron chi connectivity index (χ0n) is 26.1. The first kappa shape index (κ1) is 31.2. The van der Waals surface area contributed by atoms with Gasteiger partial charge in [0.2, 0.25) is 6.79 Å². The van der Waals surface area contributed by atoms with E-state index in [0.717, 1.165) is 27.6 Å². The summed E-state index contributed by atoms with van der Waals surface area (Å²) in [5.74, 6) is 0.585. The molecule has 0 N–H and O–H groups in total. The summed E-state index contributed by atoms with van der Waals surface area (Å²) >= 11 is 13.8. The molecule has 8 rings (SSSR count). The van der Waals surface area contributed by atoms with E-state index in [-0.39, 0.29) is 24.5 Å². The Morgan fingerprint density at radius 1 is 0.980 bits per heavy atom. The number of carbonyl (C=O) groups is 1. The smallest absolute Gasteiger partial charge is 0.338 e. The maximum absolute atomic E-state index is 14.5. The van der Waals surface area contributed by atoms with Gasteiger partial charge >= 0.3 is 5.97 Å². The van der Waals surface area contributed by atoms with Crippen molar-refractivity contribution >= 4 is 63.2 Å². The first-order valence-corrected chi connectivity index (χ1v) is 17.2. The SMILES string of the molecule is CCOC(=O)C1=C(c2ccccc2)N=c2s/c(=C/c3cn(Cc4ccc(Cl)c(Cl)c4)c4ccccc34)c(=O)n2[C@@H]1c1ccc2c(c1)OCO2. The van der Waals surface area contributed by atoms with E-state index >= 15 is 0 Å². The van der Waals surface area contributed by atoms with Crippen molar-refractivity contribution < 1.29 is 19.0 Å². The molecule has 0 saturated carbocycles. The van der Waals surface area contributed by atoms with Crippen LogP contribution in [0.5, 0.6) is 11.5 Å². The van der Waals surface area contributed by atoms with E-state index in [0.29, 0.717) is 48.7 Å².